The summed E-state index contributed by atoms with van der Waals surface area (Å²) in [6.07, 6.45) is 3.26. The first-order chi connectivity index (χ1) is 6.18. The molecular formula is C8H9N5. The second kappa shape index (κ2) is 2.55. The number of aryl methyl sites for hydroxylation is 1. The molecule has 0 amide bonds. The molecule has 0 aromatic carbocycles. The summed E-state index contributed by atoms with van der Waals surface area (Å²) < 4.78 is 0. The number of hydrogen-bond acceptors (Lipinski definition) is 5. The molecule has 66 valence electrons. The minimum Gasteiger partial charge on any atom is -0.383 e. The number of nitrogens with two attached hydrogens (primary N) is 2. The molecule has 13 heavy (non-hydrogen) atoms. The molecule has 5 heteroatoms. The van der Waals surface area contributed by atoms with Gasteiger partial charge in [-0.15, -0.1) is 0 Å². The Morgan fingerprint density at radius 2 is 1.92 bits per heavy atom. The lowest BCUT2D eigenvalue weighted by molar-refractivity contribution is 1.20. The Bertz CT molecular complexity index is 465. The highest BCUT2D eigenvalue weighted by Crippen LogP contribution is 2.19. The maximum atomic E-state index is 5.64. The van der Waals surface area contributed by atoms with E-state index in [-0.39, 0.29) is 5.95 Å². The molecule has 0 saturated heterocycles. The zero-order valence-corrected chi connectivity index (χ0v) is 7.15. The van der Waals surface area contributed by atoms with Crippen LogP contribution in [0.3, 0.4) is 0 Å². The highest BCUT2D eigenvalue weighted by atomic mass is 15.0. The Morgan fingerprint density at radius 3 is 2.69 bits per heavy atom. The first-order valence-electron chi connectivity index (χ1n) is 3.82. The molecular weight excluding hydrogens is 166 g/mol. The fraction of sp³-hybridized carbons (Fsp3) is 0.125. The summed E-state index contributed by atoms with van der Waals surface area (Å²) in [4.78, 5) is 11.9. The van der Waals surface area contributed by atoms with Gasteiger partial charge in [-0.2, -0.15) is 0 Å². The predicted octanol–water partition coefficient (Wildman–Crippen LogP) is 0.498. The van der Waals surface area contributed by atoms with E-state index in [4.69, 9.17) is 11.5 Å². The molecule has 2 aromatic rings. The summed E-state index contributed by atoms with van der Waals surface area (Å²) in [6.45, 7) is 1.90. The summed E-state index contributed by atoms with van der Waals surface area (Å²) >= 11 is 0. The molecule has 5 nitrogen and oxygen atoms in total. The smallest absolute Gasteiger partial charge is 0.220 e. The van der Waals surface area contributed by atoms with Gasteiger partial charge in [-0.25, -0.2) is 15.0 Å². The molecule has 4 N–H and O–H groups in total. The zero-order chi connectivity index (χ0) is 9.42. The van der Waals surface area contributed by atoms with E-state index in [1.165, 1.54) is 0 Å². The number of hydrogen-bond donors (Lipinski definition) is 2. The van der Waals surface area contributed by atoms with Gasteiger partial charge < -0.3 is 11.5 Å². The van der Waals surface area contributed by atoms with Crippen molar-refractivity contribution in [3.05, 3.63) is 18.0 Å². The van der Waals surface area contributed by atoms with E-state index in [0.29, 0.717) is 5.82 Å². The molecule has 0 aliphatic rings. The Balaban J connectivity index is 2.92. The number of rotatable bonds is 0. The Kier molecular flexibility index (Phi) is 1.51. The highest BCUT2D eigenvalue weighted by Gasteiger charge is 2.04. The van der Waals surface area contributed by atoms with Gasteiger partial charge >= 0.3 is 0 Å². The van der Waals surface area contributed by atoms with Gasteiger partial charge in [0.05, 0.1) is 10.9 Å². The van der Waals surface area contributed by atoms with Crippen molar-refractivity contribution in [3.63, 3.8) is 0 Å². The summed E-state index contributed by atoms with van der Waals surface area (Å²) in [5.41, 5.74) is 12.8. The zero-order valence-electron chi connectivity index (χ0n) is 7.15. The van der Waals surface area contributed by atoms with Crippen LogP contribution in [0.25, 0.3) is 10.9 Å². The maximum Gasteiger partial charge on any atom is 0.220 e. The third-order valence-electron chi connectivity index (χ3n) is 1.85. The second-order valence-electron chi connectivity index (χ2n) is 2.82. The minimum absolute atomic E-state index is 0.251. The van der Waals surface area contributed by atoms with Crippen LogP contribution in [0.1, 0.15) is 5.56 Å². The number of nitrogens with zero attached hydrogens (tertiary/aromatic N) is 3. The highest BCUT2D eigenvalue weighted by molar-refractivity contribution is 5.89. The SMILES string of the molecule is Cc1cnc(N)c2cnc(N)nc12. The van der Waals surface area contributed by atoms with E-state index in [9.17, 15) is 0 Å². The number of anilines is 2. The molecule has 2 aromatic heterocycles. The van der Waals surface area contributed by atoms with Crippen LogP contribution in [-0.4, -0.2) is 15.0 Å². The van der Waals surface area contributed by atoms with Crippen LogP contribution >= 0.6 is 0 Å². The lowest BCUT2D eigenvalue weighted by atomic mass is 10.2. The van der Waals surface area contributed by atoms with Gasteiger partial charge in [0.15, 0.2) is 0 Å². The normalized spacial score (nSPS) is 10.5. The average molecular weight is 175 g/mol. The van der Waals surface area contributed by atoms with Crippen molar-refractivity contribution < 1.29 is 0 Å². The fourth-order valence-electron chi connectivity index (χ4n) is 1.18. The van der Waals surface area contributed by atoms with E-state index in [1.54, 1.807) is 12.4 Å². The molecule has 0 radical (unpaired) electrons. The van der Waals surface area contributed by atoms with Crippen molar-refractivity contribution in [2.45, 2.75) is 6.92 Å². The van der Waals surface area contributed by atoms with Gasteiger partial charge in [-0.05, 0) is 12.5 Å². The van der Waals surface area contributed by atoms with Crippen LogP contribution in [0.2, 0.25) is 0 Å². The number of pyridine rings is 1. The fourth-order valence-corrected chi connectivity index (χ4v) is 1.18. The topological polar surface area (TPSA) is 90.7 Å². The van der Waals surface area contributed by atoms with Crippen LogP contribution in [0, 0.1) is 6.92 Å². The van der Waals surface area contributed by atoms with E-state index in [0.717, 1.165) is 16.5 Å². The van der Waals surface area contributed by atoms with Crippen molar-refractivity contribution >= 4 is 22.7 Å². The van der Waals surface area contributed by atoms with Gasteiger partial charge in [0, 0.05) is 12.4 Å². The van der Waals surface area contributed by atoms with E-state index < -0.39 is 0 Å². The molecule has 2 heterocycles. The van der Waals surface area contributed by atoms with Gasteiger partial charge in [-0.3, -0.25) is 0 Å². The Labute approximate surface area is 74.8 Å². The first-order valence-corrected chi connectivity index (χ1v) is 3.82. The van der Waals surface area contributed by atoms with Gasteiger partial charge in [0.25, 0.3) is 0 Å². The lowest BCUT2D eigenvalue weighted by Gasteiger charge is -2.02. The molecule has 0 fully saturated rings. The van der Waals surface area contributed by atoms with Crippen LogP contribution in [-0.2, 0) is 0 Å². The average Bonchev–Trinajstić information content (AvgIpc) is 2.12. The third kappa shape index (κ3) is 1.14. The van der Waals surface area contributed by atoms with Crippen molar-refractivity contribution in [1.29, 1.82) is 0 Å². The number of fused-ring (bicyclic) bond motifs is 1. The Hall–Kier alpha value is -1.91. The molecule has 2 rings (SSSR count). The molecule has 0 saturated carbocycles. The second-order valence-corrected chi connectivity index (χ2v) is 2.82. The summed E-state index contributed by atoms with van der Waals surface area (Å²) in [6, 6.07) is 0. The third-order valence-corrected chi connectivity index (χ3v) is 1.85. The Morgan fingerprint density at radius 1 is 1.15 bits per heavy atom. The van der Waals surface area contributed by atoms with Crippen LogP contribution < -0.4 is 11.5 Å². The monoisotopic (exact) mass is 175 g/mol. The molecule has 0 spiro atoms. The number of nitrogen functional groups attached to an aromatic ring is 2. The molecule has 0 unspecified atom stereocenters. The van der Waals surface area contributed by atoms with Gasteiger partial charge in [0.2, 0.25) is 5.95 Å². The van der Waals surface area contributed by atoms with E-state index >= 15 is 0 Å². The first kappa shape index (κ1) is 7.72. The van der Waals surface area contributed by atoms with Crippen molar-refractivity contribution in [3.8, 4) is 0 Å². The van der Waals surface area contributed by atoms with Crippen molar-refractivity contribution in [1.82, 2.24) is 15.0 Å². The number of aromatic nitrogens is 3. The van der Waals surface area contributed by atoms with Crippen LogP contribution in [0.4, 0.5) is 11.8 Å². The minimum atomic E-state index is 0.251. The van der Waals surface area contributed by atoms with Crippen molar-refractivity contribution in [2.75, 3.05) is 11.5 Å². The van der Waals surface area contributed by atoms with Gasteiger partial charge in [-0.1, -0.05) is 0 Å². The lowest BCUT2D eigenvalue weighted by Crippen LogP contribution is -1.99. The summed E-state index contributed by atoms with van der Waals surface area (Å²) in [5, 5.41) is 0.745. The van der Waals surface area contributed by atoms with E-state index in [1.807, 2.05) is 6.92 Å². The molecule has 0 bridgehead atoms. The molecule has 0 atom stereocenters. The van der Waals surface area contributed by atoms with Crippen LogP contribution in [0.15, 0.2) is 12.4 Å². The van der Waals surface area contributed by atoms with Crippen molar-refractivity contribution in [2.24, 2.45) is 0 Å². The standard InChI is InChI=1S/C8H9N5/c1-4-2-11-7(9)5-3-12-8(10)13-6(4)5/h2-3H,1H3,(H2,9,11)(H2,10,12,13). The predicted molar refractivity (Wildman–Crippen MR) is 50.9 cm³/mol. The summed E-state index contributed by atoms with van der Waals surface area (Å²) in [5.74, 6) is 0.682. The van der Waals surface area contributed by atoms with Crippen LogP contribution in [0.5, 0.6) is 0 Å². The largest absolute Gasteiger partial charge is 0.383 e. The van der Waals surface area contributed by atoms with E-state index in [2.05, 4.69) is 15.0 Å². The maximum absolute atomic E-state index is 5.64. The van der Waals surface area contributed by atoms with Gasteiger partial charge in [0.1, 0.15) is 5.82 Å². The quantitative estimate of drug-likeness (QED) is 0.608. The summed E-state index contributed by atoms with van der Waals surface area (Å²) in [7, 11) is 0. The molecule has 0 aliphatic carbocycles. The molecule has 0 aliphatic heterocycles.